The smallest absolute Gasteiger partial charge is 0.270 e. The zero-order valence-electron chi connectivity index (χ0n) is 11.1. The highest BCUT2D eigenvalue weighted by Gasteiger charge is 2.17. The molecule has 0 N–H and O–H groups in total. The SMILES string of the molecule is CCC(=O)C(C)n1cnc2ccc([N+](=O)[O-])cc2c1=O. The van der Waals surface area contributed by atoms with Crippen LogP contribution in [0.2, 0.25) is 0 Å². The predicted molar refractivity (Wildman–Crippen MR) is 72.7 cm³/mol. The van der Waals surface area contributed by atoms with Gasteiger partial charge in [-0.15, -0.1) is 0 Å². The molecule has 7 nitrogen and oxygen atoms in total. The zero-order chi connectivity index (χ0) is 14.9. The van der Waals surface area contributed by atoms with Crippen molar-refractivity contribution in [1.82, 2.24) is 9.55 Å². The van der Waals surface area contributed by atoms with Gasteiger partial charge in [0.1, 0.15) is 0 Å². The van der Waals surface area contributed by atoms with Gasteiger partial charge in [0.05, 0.1) is 28.2 Å². The third-order valence-electron chi connectivity index (χ3n) is 3.21. The molecule has 104 valence electrons. The monoisotopic (exact) mass is 275 g/mol. The molecular formula is C13H13N3O4. The number of benzene rings is 1. The van der Waals surface area contributed by atoms with Crippen LogP contribution in [0.3, 0.4) is 0 Å². The van der Waals surface area contributed by atoms with Crippen LogP contribution < -0.4 is 5.56 Å². The summed E-state index contributed by atoms with van der Waals surface area (Å²) in [5.74, 6) is -0.0984. The highest BCUT2D eigenvalue weighted by molar-refractivity contribution is 5.83. The molecule has 0 saturated carbocycles. The summed E-state index contributed by atoms with van der Waals surface area (Å²) in [6.45, 7) is 3.32. The lowest BCUT2D eigenvalue weighted by atomic mass is 10.1. The molecule has 0 spiro atoms. The maximum atomic E-state index is 12.3. The Kier molecular flexibility index (Phi) is 3.60. The molecular weight excluding hydrogens is 262 g/mol. The van der Waals surface area contributed by atoms with Crippen molar-refractivity contribution >= 4 is 22.4 Å². The number of rotatable bonds is 4. The zero-order valence-corrected chi connectivity index (χ0v) is 11.1. The van der Waals surface area contributed by atoms with Crippen molar-refractivity contribution in [2.45, 2.75) is 26.3 Å². The molecule has 1 unspecified atom stereocenters. The van der Waals surface area contributed by atoms with Gasteiger partial charge < -0.3 is 0 Å². The summed E-state index contributed by atoms with van der Waals surface area (Å²) < 4.78 is 1.21. The lowest BCUT2D eigenvalue weighted by molar-refractivity contribution is -0.384. The van der Waals surface area contributed by atoms with Crippen LogP contribution in [-0.4, -0.2) is 20.3 Å². The number of nitro groups is 1. The van der Waals surface area contributed by atoms with Gasteiger partial charge in [-0.3, -0.25) is 24.3 Å². The Balaban J connectivity index is 2.66. The third kappa shape index (κ3) is 2.29. The van der Waals surface area contributed by atoms with Gasteiger partial charge in [-0.25, -0.2) is 4.98 Å². The summed E-state index contributed by atoms with van der Waals surface area (Å²) in [7, 11) is 0. The molecule has 0 radical (unpaired) electrons. The first kappa shape index (κ1) is 13.9. The minimum Gasteiger partial charge on any atom is -0.297 e. The Labute approximate surface area is 114 Å². The number of nitro benzene ring substituents is 1. The van der Waals surface area contributed by atoms with Gasteiger partial charge in [0.25, 0.3) is 11.2 Å². The number of hydrogen-bond donors (Lipinski definition) is 0. The number of fused-ring (bicyclic) bond motifs is 1. The van der Waals surface area contributed by atoms with Gasteiger partial charge in [-0.2, -0.15) is 0 Å². The number of aromatic nitrogens is 2. The average Bonchev–Trinajstić information content (AvgIpc) is 2.45. The first-order valence-corrected chi connectivity index (χ1v) is 6.13. The largest absolute Gasteiger partial charge is 0.297 e. The van der Waals surface area contributed by atoms with Crippen molar-refractivity contribution in [1.29, 1.82) is 0 Å². The van der Waals surface area contributed by atoms with E-state index in [4.69, 9.17) is 0 Å². The fraction of sp³-hybridized carbons (Fsp3) is 0.308. The number of carbonyl (C=O) groups is 1. The second kappa shape index (κ2) is 5.20. The lowest BCUT2D eigenvalue weighted by Gasteiger charge is -2.13. The fourth-order valence-electron chi connectivity index (χ4n) is 1.96. The van der Waals surface area contributed by atoms with Gasteiger partial charge in [-0.1, -0.05) is 6.92 Å². The maximum absolute atomic E-state index is 12.3. The second-order valence-electron chi connectivity index (χ2n) is 4.41. The predicted octanol–water partition coefficient (Wildman–Crippen LogP) is 1.84. The van der Waals surface area contributed by atoms with E-state index in [0.29, 0.717) is 11.9 Å². The van der Waals surface area contributed by atoms with E-state index in [0.717, 1.165) is 0 Å². The molecule has 0 aliphatic rings. The molecule has 0 aliphatic carbocycles. The summed E-state index contributed by atoms with van der Waals surface area (Å²) in [4.78, 5) is 38.2. The minimum atomic E-state index is -0.635. The van der Waals surface area contributed by atoms with E-state index in [1.165, 1.54) is 29.1 Å². The third-order valence-corrected chi connectivity index (χ3v) is 3.21. The van der Waals surface area contributed by atoms with Crippen molar-refractivity contribution in [3.8, 4) is 0 Å². The quantitative estimate of drug-likeness (QED) is 0.626. The van der Waals surface area contributed by atoms with Crippen LogP contribution >= 0.6 is 0 Å². The van der Waals surface area contributed by atoms with E-state index in [1.807, 2.05) is 0 Å². The molecule has 0 amide bonds. The highest BCUT2D eigenvalue weighted by atomic mass is 16.6. The van der Waals surface area contributed by atoms with E-state index >= 15 is 0 Å². The number of Topliss-reactive ketones (excluding diaryl/α,β-unsaturated/α-hetero) is 1. The van der Waals surface area contributed by atoms with Gasteiger partial charge in [-0.05, 0) is 13.0 Å². The van der Waals surface area contributed by atoms with Crippen LogP contribution in [0, 0.1) is 10.1 Å². The summed E-state index contributed by atoms with van der Waals surface area (Å²) >= 11 is 0. The van der Waals surface area contributed by atoms with Crippen molar-refractivity contribution in [2.75, 3.05) is 0 Å². The second-order valence-corrected chi connectivity index (χ2v) is 4.41. The molecule has 1 atom stereocenters. The molecule has 0 bridgehead atoms. The number of nitrogens with zero attached hydrogens (tertiary/aromatic N) is 3. The van der Waals surface area contributed by atoms with Gasteiger partial charge >= 0.3 is 0 Å². The summed E-state index contributed by atoms with van der Waals surface area (Å²) in [5, 5.41) is 10.9. The topological polar surface area (TPSA) is 95.1 Å². The van der Waals surface area contributed by atoms with Crippen LogP contribution in [0.4, 0.5) is 5.69 Å². The van der Waals surface area contributed by atoms with Gasteiger partial charge in [0, 0.05) is 18.6 Å². The first-order valence-electron chi connectivity index (χ1n) is 6.13. The lowest BCUT2D eigenvalue weighted by Crippen LogP contribution is -2.28. The standard InChI is InChI=1S/C13H13N3O4/c1-3-12(17)8(2)15-7-14-11-5-4-9(16(19)20)6-10(11)13(15)18/h4-8H,3H2,1-2H3. The molecule has 1 heterocycles. The highest BCUT2D eigenvalue weighted by Crippen LogP contribution is 2.17. The Morgan fingerprint density at radius 1 is 1.50 bits per heavy atom. The number of hydrogen-bond acceptors (Lipinski definition) is 5. The summed E-state index contributed by atoms with van der Waals surface area (Å²) in [5.41, 5.74) is -0.260. The van der Waals surface area contributed by atoms with Gasteiger partial charge in [0.2, 0.25) is 0 Å². The van der Waals surface area contributed by atoms with Crippen molar-refractivity contribution in [2.24, 2.45) is 0 Å². The van der Waals surface area contributed by atoms with Crippen LogP contribution in [0.25, 0.3) is 10.9 Å². The fourth-order valence-corrected chi connectivity index (χ4v) is 1.96. The Bertz CT molecular complexity index is 751. The van der Waals surface area contributed by atoms with E-state index in [9.17, 15) is 19.7 Å². The Morgan fingerprint density at radius 2 is 2.20 bits per heavy atom. The van der Waals surface area contributed by atoms with Gasteiger partial charge in [0.15, 0.2) is 5.78 Å². The van der Waals surface area contributed by atoms with Crippen LogP contribution in [0.1, 0.15) is 26.3 Å². The van der Waals surface area contributed by atoms with Crippen LogP contribution in [-0.2, 0) is 4.79 Å². The first-order chi connectivity index (χ1) is 9.45. The maximum Gasteiger partial charge on any atom is 0.270 e. The number of non-ortho nitro benzene ring substituents is 1. The molecule has 0 saturated heterocycles. The number of ketones is 1. The van der Waals surface area contributed by atoms with Crippen molar-refractivity contribution < 1.29 is 9.72 Å². The van der Waals surface area contributed by atoms with E-state index in [2.05, 4.69) is 4.98 Å². The molecule has 20 heavy (non-hydrogen) atoms. The molecule has 0 fully saturated rings. The Hall–Kier alpha value is -2.57. The van der Waals surface area contributed by atoms with Crippen molar-refractivity contribution in [3.63, 3.8) is 0 Å². The molecule has 2 aromatic rings. The average molecular weight is 275 g/mol. The normalized spacial score (nSPS) is 12.3. The van der Waals surface area contributed by atoms with E-state index in [-0.39, 0.29) is 16.9 Å². The summed E-state index contributed by atoms with van der Waals surface area (Å²) in [6, 6.07) is 3.26. The Morgan fingerprint density at radius 3 is 2.80 bits per heavy atom. The number of carbonyl (C=O) groups excluding carboxylic acids is 1. The molecule has 2 rings (SSSR count). The van der Waals surface area contributed by atoms with Crippen LogP contribution in [0.15, 0.2) is 29.3 Å². The molecule has 1 aromatic heterocycles. The van der Waals surface area contributed by atoms with E-state index in [1.54, 1.807) is 13.8 Å². The minimum absolute atomic E-state index is 0.0984. The molecule has 0 aliphatic heterocycles. The molecule has 1 aromatic carbocycles. The van der Waals surface area contributed by atoms with Crippen LogP contribution in [0.5, 0.6) is 0 Å². The summed E-state index contributed by atoms with van der Waals surface area (Å²) in [6.07, 6.45) is 1.61. The van der Waals surface area contributed by atoms with E-state index < -0.39 is 16.5 Å². The molecule has 7 heteroatoms. The van der Waals surface area contributed by atoms with Crippen molar-refractivity contribution in [3.05, 3.63) is 45.0 Å².